The Morgan fingerprint density at radius 2 is 1.43 bits per heavy atom. The normalized spacial score (nSPS) is 15.6. The fraction of sp³-hybridized carbons (Fsp3) is 0.303. The van der Waals surface area contributed by atoms with Crippen LogP contribution < -0.4 is 10.6 Å². The quantitative estimate of drug-likeness (QED) is 0.284. The number of aryl methyl sites for hydroxylation is 1. The Morgan fingerprint density at radius 1 is 0.811 bits per heavy atom. The van der Waals surface area contributed by atoms with Gasteiger partial charge in [0.2, 0.25) is 0 Å². The van der Waals surface area contributed by atoms with E-state index in [-0.39, 0.29) is 16.7 Å². The van der Waals surface area contributed by atoms with Gasteiger partial charge in [-0.05, 0) is 89.2 Å². The third-order valence-electron chi connectivity index (χ3n) is 7.79. The molecule has 5 rings (SSSR count). The average Bonchev–Trinajstić information content (AvgIpc) is 3.34. The summed E-state index contributed by atoms with van der Waals surface area (Å²) in [6.07, 6.45) is 3.04. The first-order chi connectivity index (χ1) is 17.6. The van der Waals surface area contributed by atoms with E-state index in [4.69, 9.17) is 4.42 Å². The van der Waals surface area contributed by atoms with Crippen molar-refractivity contribution >= 4 is 23.0 Å². The van der Waals surface area contributed by atoms with Crippen molar-refractivity contribution in [3.63, 3.8) is 0 Å². The number of furan rings is 1. The van der Waals surface area contributed by atoms with Gasteiger partial charge in [0.1, 0.15) is 5.76 Å². The number of anilines is 3. The zero-order valence-electron chi connectivity index (χ0n) is 22.4. The van der Waals surface area contributed by atoms with Crippen LogP contribution in [0.2, 0.25) is 0 Å². The molecular weight excluding hydrogens is 456 g/mol. The van der Waals surface area contributed by atoms with Gasteiger partial charge in [-0.1, -0.05) is 70.2 Å². The maximum Gasteiger partial charge on any atom is 0.291 e. The molecule has 1 aromatic heterocycles. The minimum Gasteiger partial charge on any atom is -0.456 e. The highest BCUT2D eigenvalue weighted by atomic mass is 16.3. The van der Waals surface area contributed by atoms with E-state index < -0.39 is 0 Å². The van der Waals surface area contributed by atoms with Crippen molar-refractivity contribution in [1.29, 1.82) is 0 Å². The molecule has 1 amide bonds. The van der Waals surface area contributed by atoms with Gasteiger partial charge < -0.3 is 15.1 Å². The number of benzene rings is 3. The monoisotopic (exact) mass is 492 g/mol. The zero-order valence-corrected chi connectivity index (χ0v) is 22.4. The first kappa shape index (κ1) is 24.9. The van der Waals surface area contributed by atoms with E-state index in [2.05, 4.69) is 57.4 Å². The number of amides is 1. The molecule has 0 saturated carbocycles. The number of rotatable bonds is 6. The van der Waals surface area contributed by atoms with Gasteiger partial charge in [0.25, 0.3) is 5.91 Å². The average molecular weight is 493 g/mol. The second-order valence-corrected chi connectivity index (χ2v) is 11.5. The van der Waals surface area contributed by atoms with Gasteiger partial charge in [0.15, 0.2) is 5.76 Å². The van der Waals surface area contributed by atoms with E-state index in [1.54, 1.807) is 6.07 Å². The Hall–Kier alpha value is -3.79. The number of nitrogens with one attached hydrogen (secondary N) is 2. The summed E-state index contributed by atoms with van der Waals surface area (Å²) in [5.41, 5.74) is 8.25. The molecule has 4 nitrogen and oxygen atoms in total. The van der Waals surface area contributed by atoms with Crippen molar-refractivity contribution in [1.82, 2.24) is 0 Å². The summed E-state index contributed by atoms with van der Waals surface area (Å²) >= 11 is 0. The molecule has 1 aliphatic rings. The van der Waals surface area contributed by atoms with Crippen molar-refractivity contribution in [3.05, 3.63) is 113 Å². The van der Waals surface area contributed by atoms with Crippen molar-refractivity contribution in [2.45, 2.75) is 64.7 Å². The van der Waals surface area contributed by atoms with Crippen molar-refractivity contribution in [3.8, 4) is 0 Å². The van der Waals surface area contributed by atoms with Crippen LogP contribution in [0.1, 0.15) is 79.1 Å². The van der Waals surface area contributed by atoms with Gasteiger partial charge in [-0.15, -0.1) is 0 Å². The number of carbonyl (C=O) groups is 1. The Labute approximate surface area is 220 Å². The fourth-order valence-corrected chi connectivity index (χ4v) is 5.30. The minimum atomic E-state index is -0.265. The Balaban J connectivity index is 1.34. The molecule has 0 saturated heterocycles. The summed E-state index contributed by atoms with van der Waals surface area (Å²) < 4.78 is 6.04. The molecule has 4 aromatic rings. The second kappa shape index (κ2) is 9.59. The molecule has 0 unspecified atom stereocenters. The molecule has 0 spiro atoms. The predicted molar refractivity (Wildman–Crippen MR) is 152 cm³/mol. The number of fused-ring (bicyclic) bond motifs is 1. The molecule has 1 aliphatic carbocycles. The van der Waals surface area contributed by atoms with E-state index >= 15 is 0 Å². The van der Waals surface area contributed by atoms with Gasteiger partial charge in [0.05, 0.1) is 11.4 Å². The van der Waals surface area contributed by atoms with Crippen LogP contribution in [0.25, 0.3) is 0 Å². The third-order valence-corrected chi connectivity index (χ3v) is 7.79. The van der Waals surface area contributed by atoms with Crippen LogP contribution in [-0.2, 0) is 17.3 Å². The number of hydrogen-bond donors (Lipinski definition) is 2. The summed E-state index contributed by atoms with van der Waals surface area (Å²) in [6, 6.07) is 26.0. The van der Waals surface area contributed by atoms with Gasteiger partial charge in [-0.3, -0.25) is 4.79 Å². The van der Waals surface area contributed by atoms with Crippen molar-refractivity contribution in [2.75, 3.05) is 10.6 Å². The van der Waals surface area contributed by atoms with Gasteiger partial charge in [-0.2, -0.15) is 0 Å². The van der Waals surface area contributed by atoms with Crippen LogP contribution >= 0.6 is 0 Å². The standard InChI is InChI=1S/C33H36N2O2/c1-22-19-26-27(33(4,5)18-17-32(26,2)3)21-23(22)20-25-15-16-30(37-25)31(36)35-29-14-10-9-13-28(29)34-24-11-7-6-8-12-24/h6-16,19,21,34H,17-18,20H2,1-5H3,(H,35,36). The Morgan fingerprint density at radius 3 is 2.14 bits per heavy atom. The molecule has 3 aromatic carbocycles. The van der Waals surface area contributed by atoms with Crippen LogP contribution in [0.15, 0.2) is 83.3 Å². The van der Waals surface area contributed by atoms with E-state index in [0.29, 0.717) is 17.9 Å². The molecule has 37 heavy (non-hydrogen) atoms. The van der Waals surface area contributed by atoms with Gasteiger partial charge in [0, 0.05) is 12.1 Å². The highest BCUT2D eigenvalue weighted by Crippen LogP contribution is 2.46. The van der Waals surface area contributed by atoms with Gasteiger partial charge in [-0.25, -0.2) is 0 Å². The maximum absolute atomic E-state index is 13.1. The van der Waals surface area contributed by atoms with Crippen LogP contribution in [0.3, 0.4) is 0 Å². The lowest BCUT2D eigenvalue weighted by atomic mass is 9.62. The first-order valence-electron chi connectivity index (χ1n) is 13.1. The van der Waals surface area contributed by atoms with Crippen LogP contribution in [0.5, 0.6) is 0 Å². The Bertz CT molecular complexity index is 1430. The van der Waals surface area contributed by atoms with E-state index in [9.17, 15) is 4.79 Å². The lowest BCUT2D eigenvalue weighted by molar-refractivity contribution is 0.0995. The van der Waals surface area contributed by atoms with E-state index in [0.717, 1.165) is 17.1 Å². The molecule has 4 heteroatoms. The summed E-state index contributed by atoms with van der Waals surface area (Å²) in [5.74, 6) is 0.831. The molecule has 1 heterocycles. The minimum absolute atomic E-state index is 0.155. The summed E-state index contributed by atoms with van der Waals surface area (Å²) in [5, 5.41) is 6.37. The molecular formula is C33H36N2O2. The topological polar surface area (TPSA) is 54.3 Å². The number of para-hydroxylation sites is 3. The SMILES string of the molecule is Cc1cc2c(cc1Cc1ccc(C(=O)Nc3ccccc3Nc3ccccc3)o1)C(C)(C)CCC2(C)C. The lowest BCUT2D eigenvalue weighted by Gasteiger charge is -2.42. The van der Waals surface area contributed by atoms with Gasteiger partial charge >= 0.3 is 0 Å². The van der Waals surface area contributed by atoms with Crippen molar-refractivity contribution < 1.29 is 9.21 Å². The Kier molecular flexibility index (Phi) is 6.45. The number of hydrogen-bond acceptors (Lipinski definition) is 3. The van der Waals surface area contributed by atoms with Crippen LogP contribution in [0.4, 0.5) is 17.1 Å². The maximum atomic E-state index is 13.1. The molecule has 190 valence electrons. The molecule has 2 N–H and O–H groups in total. The first-order valence-corrected chi connectivity index (χ1v) is 13.1. The van der Waals surface area contributed by atoms with Crippen LogP contribution in [0, 0.1) is 6.92 Å². The smallest absolute Gasteiger partial charge is 0.291 e. The zero-order chi connectivity index (χ0) is 26.2. The van der Waals surface area contributed by atoms with E-state index in [1.807, 2.05) is 60.7 Å². The second-order valence-electron chi connectivity index (χ2n) is 11.5. The lowest BCUT2D eigenvalue weighted by Crippen LogP contribution is -2.34. The fourth-order valence-electron chi connectivity index (χ4n) is 5.30. The predicted octanol–water partition coefficient (Wildman–Crippen LogP) is 8.52. The summed E-state index contributed by atoms with van der Waals surface area (Å²) in [4.78, 5) is 13.1. The van der Waals surface area contributed by atoms with E-state index in [1.165, 1.54) is 35.1 Å². The third kappa shape index (κ3) is 5.20. The van der Waals surface area contributed by atoms with Crippen LogP contribution in [-0.4, -0.2) is 5.91 Å². The molecule has 0 aliphatic heterocycles. The summed E-state index contributed by atoms with van der Waals surface area (Å²) in [7, 11) is 0. The molecule has 0 atom stereocenters. The van der Waals surface area contributed by atoms with Crippen molar-refractivity contribution in [2.24, 2.45) is 0 Å². The number of carbonyl (C=O) groups excluding carboxylic acids is 1. The molecule has 0 fully saturated rings. The molecule has 0 bridgehead atoms. The molecule has 0 radical (unpaired) electrons. The highest BCUT2D eigenvalue weighted by Gasteiger charge is 2.37. The summed E-state index contributed by atoms with van der Waals surface area (Å²) in [6.45, 7) is 11.6. The largest absolute Gasteiger partial charge is 0.456 e. The highest BCUT2D eigenvalue weighted by molar-refractivity contribution is 6.04.